The van der Waals surface area contributed by atoms with Gasteiger partial charge in [0.05, 0.1) is 38.5 Å². The number of aryl methyl sites for hydroxylation is 1. The molecule has 0 aromatic carbocycles. The third kappa shape index (κ3) is 5.20. The van der Waals surface area contributed by atoms with Gasteiger partial charge in [-0.25, -0.2) is 4.79 Å². The van der Waals surface area contributed by atoms with Crippen molar-refractivity contribution < 1.29 is 19.4 Å². The summed E-state index contributed by atoms with van der Waals surface area (Å²) >= 11 is 0. The van der Waals surface area contributed by atoms with E-state index in [-0.39, 0.29) is 30.8 Å². The Morgan fingerprint density at radius 3 is 2.85 bits per heavy atom. The molecule has 9 nitrogen and oxygen atoms in total. The highest BCUT2D eigenvalue weighted by Gasteiger charge is 2.36. The number of ether oxygens (including phenoxy) is 1. The monoisotopic (exact) mass is 379 g/mol. The Bertz CT molecular complexity index is 658. The first-order chi connectivity index (χ1) is 12.9. The van der Waals surface area contributed by atoms with E-state index in [4.69, 9.17) is 9.84 Å². The maximum atomic E-state index is 12.6. The lowest BCUT2D eigenvalue weighted by atomic mass is 9.85. The average Bonchev–Trinajstić information content (AvgIpc) is 3.00. The first-order valence-electron chi connectivity index (χ1n) is 9.56. The molecule has 150 valence electrons. The second-order valence-electron chi connectivity index (χ2n) is 7.41. The molecule has 1 aromatic rings. The highest BCUT2D eigenvalue weighted by atomic mass is 16.5. The topological polar surface area (TPSA) is 99.9 Å². The molecule has 1 aliphatic heterocycles. The van der Waals surface area contributed by atoms with Gasteiger partial charge in [-0.1, -0.05) is 6.92 Å². The molecule has 1 saturated carbocycles. The number of aromatic nitrogens is 2. The fraction of sp³-hybridized carbons (Fsp3) is 0.722. The van der Waals surface area contributed by atoms with Crippen LogP contribution < -0.4 is 5.32 Å². The van der Waals surface area contributed by atoms with Crippen LogP contribution in [0.4, 0.5) is 4.79 Å². The molecule has 2 heterocycles. The van der Waals surface area contributed by atoms with Gasteiger partial charge in [0, 0.05) is 24.8 Å². The third-order valence-corrected chi connectivity index (χ3v) is 5.28. The quantitative estimate of drug-likeness (QED) is 0.717. The summed E-state index contributed by atoms with van der Waals surface area (Å²) in [7, 11) is 0. The van der Waals surface area contributed by atoms with Gasteiger partial charge in [-0.15, -0.1) is 0 Å². The van der Waals surface area contributed by atoms with E-state index in [2.05, 4.69) is 10.4 Å². The first-order valence-corrected chi connectivity index (χ1v) is 9.56. The third-order valence-electron chi connectivity index (χ3n) is 5.28. The van der Waals surface area contributed by atoms with Crippen LogP contribution in [0.1, 0.15) is 25.3 Å². The summed E-state index contributed by atoms with van der Waals surface area (Å²) in [5.41, 5.74) is 1.10. The standard InChI is InChI=1S/C18H29N5O4/c1-3-21(12-17(24)25)15-6-14(7-15)20-18(26)22-4-5-27-16(10-22)11-23-9-13(2)8-19-23/h8-9,14-16H,3-7,10-12H2,1-2H3,(H,20,26)(H,24,25). The lowest BCUT2D eigenvalue weighted by Crippen LogP contribution is -2.58. The lowest BCUT2D eigenvalue weighted by molar-refractivity contribution is -0.139. The molecule has 9 heteroatoms. The lowest BCUT2D eigenvalue weighted by Gasteiger charge is -2.43. The maximum absolute atomic E-state index is 12.6. The van der Waals surface area contributed by atoms with Gasteiger partial charge in [0.2, 0.25) is 0 Å². The molecule has 3 rings (SSSR count). The molecule has 2 aliphatic rings. The minimum atomic E-state index is -0.809. The number of carbonyl (C=O) groups is 2. The van der Waals surface area contributed by atoms with E-state index in [1.54, 1.807) is 4.90 Å². The van der Waals surface area contributed by atoms with Crippen LogP contribution in [-0.4, -0.2) is 87.7 Å². The van der Waals surface area contributed by atoms with E-state index in [0.717, 1.165) is 18.4 Å². The summed E-state index contributed by atoms with van der Waals surface area (Å²) in [6, 6.07) is 0.280. The average molecular weight is 379 g/mol. The number of morpholine rings is 1. The predicted octanol–water partition coefficient (Wildman–Crippen LogP) is 0.539. The Morgan fingerprint density at radius 2 is 2.22 bits per heavy atom. The first kappa shape index (κ1) is 19.6. The van der Waals surface area contributed by atoms with E-state index >= 15 is 0 Å². The summed E-state index contributed by atoms with van der Waals surface area (Å²) in [6.45, 7) is 6.99. The number of hydrogen-bond acceptors (Lipinski definition) is 5. The minimum Gasteiger partial charge on any atom is -0.480 e. The summed E-state index contributed by atoms with van der Waals surface area (Å²) in [5.74, 6) is -0.809. The van der Waals surface area contributed by atoms with Crippen LogP contribution in [0.2, 0.25) is 0 Å². The number of urea groups is 1. The summed E-state index contributed by atoms with van der Waals surface area (Å²) < 4.78 is 7.62. The number of carbonyl (C=O) groups excluding carboxylic acids is 1. The molecular formula is C18H29N5O4. The van der Waals surface area contributed by atoms with Gasteiger partial charge in [-0.3, -0.25) is 14.4 Å². The second kappa shape index (κ2) is 8.71. The summed E-state index contributed by atoms with van der Waals surface area (Å²) in [4.78, 5) is 27.2. The summed E-state index contributed by atoms with van der Waals surface area (Å²) in [5, 5.41) is 16.3. The molecule has 1 aliphatic carbocycles. The number of amides is 2. The molecule has 0 spiro atoms. The normalized spacial score (nSPS) is 25.3. The van der Waals surface area contributed by atoms with Crippen molar-refractivity contribution >= 4 is 12.0 Å². The predicted molar refractivity (Wildman–Crippen MR) is 98.5 cm³/mol. The molecule has 0 bridgehead atoms. The van der Waals surface area contributed by atoms with Crippen LogP contribution in [0.25, 0.3) is 0 Å². The fourth-order valence-corrected chi connectivity index (χ4v) is 3.73. The van der Waals surface area contributed by atoms with Crippen LogP contribution >= 0.6 is 0 Å². The molecule has 2 N–H and O–H groups in total. The molecule has 1 atom stereocenters. The minimum absolute atomic E-state index is 0.0554. The second-order valence-corrected chi connectivity index (χ2v) is 7.41. The molecule has 27 heavy (non-hydrogen) atoms. The van der Waals surface area contributed by atoms with Crippen molar-refractivity contribution in [2.75, 3.05) is 32.8 Å². The number of nitrogens with zero attached hydrogens (tertiary/aromatic N) is 4. The van der Waals surface area contributed by atoms with E-state index in [9.17, 15) is 9.59 Å². The largest absolute Gasteiger partial charge is 0.480 e. The van der Waals surface area contributed by atoms with Crippen molar-refractivity contribution in [3.05, 3.63) is 18.0 Å². The zero-order valence-electron chi connectivity index (χ0n) is 16.0. The Morgan fingerprint density at radius 1 is 1.44 bits per heavy atom. The highest BCUT2D eigenvalue weighted by molar-refractivity contribution is 5.74. The van der Waals surface area contributed by atoms with Crippen molar-refractivity contribution in [2.45, 2.75) is 51.4 Å². The zero-order chi connectivity index (χ0) is 19.4. The SMILES string of the molecule is CCN(CC(=O)O)C1CC(NC(=O)N2CCOC(Cn3cc(C)cn3)C2)C1. The van der Waals surface area contributed by atoms with Gasteiger partial charge < -0.3 is 20.1 Å². The van der Waals surface area contributed by atoms with Crippen molar-refractivity contribution in [3.63, 3.8) is 0 Å². The van der Waals surface area contributed by atoms with Crippen molar-refractivity contribution in [1.29, 1.82) is 0 Å². The number of hydrogen-bond donors (Lipinski definition) is 2. The number of rotatable bonds is 7. The van der Waals surface area contributed by atoms with Gasteiger partial charge in [0.15, 0.2) is 0 Å². The molecule has 1 unspecified atom stereocenters. The van der Waals surface area contributed by atoms with Crippen LogP contribution in [0.3, 0.4) is 0 Å². The van der Waals surface area contributed by atoms with Crippen LogP contribution in [0.5, 0.6) is 0 Å². The fourth-order valence-electron chi connectivity index (χ4n) is 3.73. The Kier molecular flexibility index (Phi) is 6.33. The van der Waals surface area contributed by atoms with Gasteiger partial charge in [-0.2, -0.15) is 5.10 Å². The number of nitrogens with one attached hydrogen (secondary N) is 1. The maximum Gasteiger partial charge on any atom is 0.317 e. The van der Waals surface area contributed by atoms with E-state index in [0.29, 0.717) is 32.8 Å². The molecule has 1 aromatic heterocycles. The van der Waals surface area contributed by atoms with Crippen LogP contribution in [-0.2, 0) is 16.1 Å². The van der Waals surface area contributed by atoms with E-state index in [1.165, 1.54) is 0 Å². The highest BCUT2D eigenvalue weighted by Crippen LogP contribution is 2.25. The Labute approximate surface area is 159 Å². The molecular weight excluding hydrogens is 350 g/mol. The van der Waals surface area contributed by atoms with Crippen molar-refractivity contribution in [3.8, 4) is 0 Å². The number of carboxylic acid groups (broad SMARTS) is 1. The zero-order valence-corrected chi connectivity index (χ0v) is 16.0. The smallest absolute Gasteiger partial charge is 0.317 e. The molecule has 1 saturated heterocycles. The summed E-state index contributed by atoms with van der Waals surface area (Å²) in [6.07, 6.45) is 5.31. The number of aliphatic carboxylic acids is 1. The van der Waals surface area contributed by atoms with Crippen LogP contribution in [0.15, 0.2) is 12.4 Å². The number of likely N-dealkylation sites (N-methyl/N-ethyl adjacent to an activating group) is 1. The molecule has 2 amide bonds. The molecule has 2 fully saturated rings. The van der Waals surface area contributed by atoms with E-state index < -0.39 is 5.97 Å². The number of carboxylic acids is 1. The van der Waals surface area contributed by atoms with Gasteiger partial charge in [0.25, 0.3) is 0 Å². The Hall–Kier alpha value is -2.13. The molecule has 0 radical (unpaired) electrons. The van der Waals surface area contributed by atoms with Gasteiger partial charge >= 0.3 is 12.0 Å². The Balaban J connectivity index is 1.42. The van der Waals surface area contributed by atoms with Crippen molar-refractivity contribution in [2.24, 2.45) is 0 Å². The van der Waals surface area contributed by atoms with Gasteiger partial charge in [-0.05, 0) is 31.9 Å². The van der Waals surface area contributed by atoms with Gasteiger partial charge in [0.1, 0.15) is 0 Å². The van der Waals surface area contributed by atoms with Crippen LogP contribution in [0, 0.1) is 6.92 Å². The van der Waals surface area contributed by atoms with E-state index in [1.807, 2.05) is 35.8 Å². The van der Waals surface area contributed by atoms with Crippen molar-refractivity contribution in [1.82, 2.24) is 24.9 Å².